The summed E-state index contributed by atoms with van der Waals surface area (Å²) in [6.07, 6.45) is 0. The predicted molar refractivity (Wildman–Crippen MR) is 118 cm³/mol. The minimum absolute atomic E-state index is 0.171. The molecule has 1 heterocycles. The van der Waals surface area contributed by atoms with Gasteiger partial charge in [-0.25, -0.2) is 0 Å². The van der Waals surface area contributed by atoms with Crippen molar-refractivity contribution in [1.82, 2.24) is 10.2 Å². The summed E-state index contributed by atoms with van der Waals surface area (Å²) < 4.78 is 0.700. The Balaban J connectivity index is 1.49. The highest BCUT2D eigenvalue weighted by molar-refractivity contribution is 8.01. The molecule has 2 aromatic carbocycles. The second kappa shape index (κ2) is 9.53. The van der Waals surface area contributed by atoms with E-state index in [1.165, 1.54) is 28.7 Å². The van der Waals surface area contributed by atoms with Gasteiger partial charge in [-0.3, -0.25) is 9.59 Å². The molecule has 0 saturated carbocycles. The first-order chi connectivity index (χ1) is 13.9. The van der Waals surface area contributed by atoms with Crippen LogP contribution in [0.1, 0.15) is 35.7 Å². The van der Waals surface area contributed by atoms with E-state index in [4.69, 9.17) is 5.73 Å². The highest BCUT2D eigenvalue weighted by Gasteiger charge is 2.10. The number of aromatic nitrogens is 2. The molecule has 0 fully saturated rings. The zero-order valence-corrected chi connectivity index (χ0v) is 17.6. The van der Waals surface area contributed by atoms with Crippen molar-refractivity contribution in [3.63, 3.8) is 0 Å². The molecule has 2 amide bonds. The average molecular weight is 428 g/mol. The fourth-order valence-electron chi connectivity index (χ4n) is 2.44. The SMILES string of the molecule is CC(C)c1ccc(Nc2nnc(SCC(=O)Nc3ccc(C(N)=O)cc3)s2)cc1. The van der Waals surface area contributed by atoms with Gasteiger partial charge in [0.25, 0.3) is 0 Å². The van der Waals surface area contributed by atoms with Gasteiger partial charge in [-0.05, 0) is 47.9 Å². The number of anilines is 3. The first-order valence-electron chi connectivity index (χ1n) is 8.93. The standard InChI is InChI=1S/C20H21N5O2S2/c1-12(2)13-3-7-16(8-4-13)23-19-24-25-20(29-19)28-11-17(26)22-15-9-5-14(6-10-15)18(21)27/h3-10,12H,11H2,1-2H3,(H2,21,27)(H,22,26)(H,23,24). The number of thioether (sulfide) groups is 1. The van der Waals surface area contributed by atoms with Gasteiger partial charge in [0.2, 0.25) is 16.9 Å². The fourth-order valence-corrected chi connectivity index (χ4v) is 4.01. The van der Waals surface area contributed by atoms with Crippen molar-refractivity contribution in [2.24, 2.45) is 5.73 Å². The molecule has 29 heavy (non-hydrogen) atoms. The first-order valence-corrected chi connectivity index (χ1v) is 10.7. The van der Waals surface area contributed by atoms with E-state index in [2.05, 4.69) is 46.8 Å². The summed E-state index contributed by atoms with van der Waals surface area (Å²) in [5, 5.41) is 14.9. The van der Waals surface area contributed by atoms with Crippen LogP contribution in [0.4, 0.5) is 16.5 Å². The van der Waals surface area contributed by atoms with Gasteiger partial charge in [-0.15, -0.1) is 10.2 Å². The molecule has 7 nitrogen and oxygen atoms in total. The summed E-state index contributed by atoms with van der Waals surface area (Å²) in [5.41, 5.74) is 8.42. The lowest BCUT2D eigenvalue weighted by Crippen LogP contribution is -2.14. The quantitative estimate of drug-likeness (QED) is 0.464. The molecule has 150 valence electrons. The van der Waals surface area contributed by atoms with Gasteiger partial charge in [-0.1, -0.05) is 49.1 Å². The molecular formula is C20H21N5O2S2. The number of nitrogens with two attached hydrogens (primary N) is 1. The second-order valence-corrected chi connectivity index (χ2v) is 8.75. The zero-order valence-electron chi connectivity index (χ0n) is 16.0. The number of carbonyl (C=O) groups is 2. The van der Waals surface area contributed by atoms with Gasteiger partial charge in [0.05, 0.1) is 5.75 Å². The number of nitrogens with zero attached hydrogens (tertiary/aromatic N) is 2. The monoisotopic (exact) mass is 427 g/mol. The van der Waals surface area contributed by atoms with Crippen molar-refractivity contribution >= 4 is 51.4 Å². The van der Waals surface area contributed by atoms with Crippen molar-refractivity contribution in [2.75, 3.05) is 16.4 Å². The van der Waals surface area contributed by atoms with Crippen LogP contribution in [0.3, 0.4) is 0 Å². The van der Waals surface area contributed by atoms with E-state index >= 15 is 0 Å². The predicted octanol–water partition coefficient (Wildman–Crippen LogP) is 4.23. The van der Waals surface area contributed by atoms with Crippen LogP contribution in [-0.4, -0.2) is 27.8 Å². The lowest BCUT2D eigenvalue weighted by molar-refractivity contribution is -0.113. The molecule has 0 aliphatic heterocycles. The topological polar surface area (TPSA) is 110 Å². The third kappa shape index (κ3) is 6.03. The highest BCUT2D eigenvalue weighted by Crippen LogP contribution is 2.28. The molecule has 0 unspecified atom stereocenters. The van der Waals surface area contributed by atoms with Crippen LogP contribution < -0.4 is 16.4 Å². The van der Waals surface area contributed by atoms with Crippen LogP contribution in [0.2, 0.25) is 0 Å². The minimum Gasteiger partial charge on any atom is -0.366 e. The van der Waals surface area contributed by atoms with Crippen LogP contribution in [0.15, 0.2) is 52.9 Å². The van der Waals surface area contributed by atoms with E-state index in [1.54, 1.807) is 24.3 Å². The summed E-state index contributed by atoms with van der Waals surface area (Å²) in [5.74, 6) is 0.0153. The smallest absolute Gasteiger partial charge is 0.248 e. The first kappa shape index (κ1) is 20.8. The number of benzene rings is 2. The molecule has 1 aromatic heterocycles. The Morgan fingerprint density at radius 1 is 1.03 bits per heavy atom. The van der Waals surface area contributed by atoms with Gasteiger partial charge in [0, 0.05) is 16.9 Å². The second-order valence-electron chi connectivity index (χ2n) is 6.55. The third-order valence-electron chi connectivity index (χ3n) is 4.01. The Bertz CT molecular complexity index is 985. The van der Waals surface area contributed by atoms with Gasteiger partial charge < -0.3 is 16.4 Å². The number of hydrogen-bond donors (Lipinski definition) is 3. The van der Waals surface area contributed by atoms with Crippen molar-refractivity contribution in [3.8, 4) is 0 Å². The number of hydrogen-bond acceptors (Lipinski definition) is 7. The van der Waals surface area contributed by atoms with Crippen LogP contribution >= 0.6 is 23.1 Å². The van der Waals surface area contributed by atoms with E-state index < -0.39 is 5.91 Å². The summed E-state index contributed by atoms with van der Waals surface area (Å²) in [6, 6.07) is 14.6. The molecule has 0 aliphatic rings. The van der Waals surface area contributed by atoms with Crippen LogP contribution in [0.5, 0.6) is 0 Å². The maximum Gasteiger partial charge on any atom is 0.248 e. The Kier molecular flexibility index (Phi) is 6.84. The maximum absolute atomic E-state index is 12.1. The van der Waals surface area contributed by atoms with E-state index in [1.807, 2.05) is 12.1 Å². The van der Waals surface area contributed by atoms with E-state index in [9.17, 15) is 9.59 Å². The van der Waals surface area contributed by atoms with Crippen LogP contribution in [-0.2, 0) is 4.79 Å². The molecule has 0 aliphatic carbocycles. The Morgan fingerprint density at radius 3 is 2.31 bits per heavy atom. The molecule has 3 rings (SSSR count). The fraction of sp³-hybridized carbons (Fsp3) is 0.200. The number of primary amides is 1. The molecule has 0 radical (unpaired) electrons. The lowest BCUT2D eigenvalue weighted by Gasteiger charge is -2.06. The molecule has 9 heteroatoms. The molecule has 0 atom stereocenters. The molecule has 0 saturated heterocycles. The molecule has 3 aromatic rings. The van der Waals surface area contributed by atoms with Crippen LogP contribution in [0.25, 0.3) is 0 Å². The molecule has 4 N–H and O–H groups in total. The Morgan fingerprint density at radius 2 is 1.69 bits per heavy atom. The maximum atomic E-state index is 12.1. The Hall–Kier alpha value is -2.91. The summed E-state index contributed by atoms with van der Waals surface area (Å²) in [4.78, 5) is 23.2. The van der Waals surface area contributed by atoms with E-state index in [-0.39, 0.29) is 11.7 Å². The summed E-state index contributed by atoms with van der Waals surface area (Å²) in [6.45, 7) is 4.31. The summed E-state index contributed by atoms with van der Waals surface area (Å²) in [7, 11) is 0. The minimum atomic E-state index is -0.505. The lowest BCUT2D eigenvalue weighted by atomic mass is 10.0. The average Bonchev–Trinajstić information content (AvgIpc) is 3.14. The van der Waals surface area contributed by atoms with Crippen molar-refractivity contribution < 1.29 is 9.59 Å². The molecule has 0 spiro atoms. The number of nitrogens with one attached hydrogen (secondary N) is 2. The van der Waals surface area contributed by atoms with Gasteiger partial charge in [0.15, 0.2) is 4.34 Å². The van der Waals surface area contributed by atoms with E-state index in [0.29, 0.717) is 26.6 Å². The molecule has 0 bridgehead atoms. The third-order valence-corrected chi connectivity index (χ3v) is 5.99. The number of carbonyl (C=O) groups excluding carboxylic acids is 2. The largest absolute Gasteiger partial charge is 0.366 e. The van der Waals surface area contributed by atoms with E-state index in [0.717, 1.165) is 5.69 Å². The highest BCUT2D eigenvalue weighted by atomic mass is 32.2. The normalized spacial score (nSPS) is 10.7. The number of amides is 2. The zero-order chi connectivity index (χ0) is 20.8. The van der Waals surface area contributed by atoms with Crippen LogP contribution in [0, 0.1) is 0 Å². The van der Waals surface area contributed by atoms with Gasteiger partial charge in [0.1, 0.15) is 0 Å². The van der Waals surface area contributed by atoms with Crippen molar-refractivity contribution in [2.45, 2.75) is 24.1 Å². The van der Waals surface area contributed by atoms with Gasteiger partial charge in [-0.2, -0.15) is 0 Å². The number of rotatable bonds is 8. The Labute approximate surface area is 177 Å². The van der Waals surface area contributed by atoms with Crippen molar-refractivity contribution in [1.29, 1.82) is 0 Å². The van der Waals surface area contributed by atoms with Crippen molar-refractivity contribution in [3.05, 3.63) is 59.7 Å². The van der Waals surface area contributed by atoms with Gasteiger partial charge >= 0.3 is 0 Å². The summed E-state index contributed by atoms with van der Waals surface area (Å²) >= 11 is 2.70. The molecular weight excluding hydrogens is 406 g/mol.